The van der Waals surface area contributed by atoms with Gasteiger partial charge in [0.15, 0.2) is 0 Å². The highest BCUT2D eigenvalue weighted by molar-refractivity contribution is 14.1. The molecular weight excluding hydrogens is 623 g/mol. The number of aromatic nitrogens is 2. The molecule has 4 rings (SSSR count). The Hall–Kier alpha value is -2.25. The lowest BCUT2D eigenvalue weighted by molar-refractivity contribution is -0.123. The monoisotopic (exact) mass is 656 g/mol. The van der Waals surface area contributed by atoms with E-state index in [-0.39, 0.29) is 31.8 Å². The highest BCUT2D eigenvalue weighted by atomic mass is 127. The molecule has 2 aromatic carbocycles. The first-order chi connectivity index (χ1) is 18.3. The second kappa shape index (κ2) is 14.2. The number of hydrogen-bond acceptors (Lipinski definition) is 8. The lowest BCUT2D eigenvalue weighted by Gasteiger charge is -2.30. The quantitative estimate of drug-likeness (QED) is 0.233. The fraction of sp³-hybridized carbons (Fsp3) is 0.444. The first-order valence-corrected chi connectivity index (χ1v) is 14.9. The minimum Gasteiger partial charge on any atom is -0.489 e. The van der Waals surface area contributed by atoms with E-state index in [0.29, 0.717) is 41.1 Å². The normalized spacial score (nSPS) is 13.2. The lowest BCUT2D eigenvalue weighted by atomic mass is 9.91. The van der Waals surface area contributed by atoms with Gasteiger partial charge in [-0.1, -0.05) is 51.5 Å². The Morgan fingerprint density at radius 1 is 1.24 bits per heavy atom. The second-order valence-corrected chi connectivity index (χ2v) is 9.61. The van der Waals surface area contributed by atoms with Crippen LogP contribution in [0.2, 0.25) is 5.02 Å². The Balaban J connectivity index is 0.00000195. The standard InChI is InChI=1S/C26H31ClN4O5.CH3I/c1-15(2)35-23-7-5-17(10-22(23)27)26-29-25(30-36-26)21-6-4-18-11-31(9-8-20(18)16(21)3)12-24(34)28-19(13-32)14-33;1-2/h4-7,10,15,19,32-33H,8-9,11-14H2,1-3H3,(H,28,34);1H3. The van der Waals surface area contributed by atoms with Crippen molar-refractivity contribution in [3.8, 4) is 28.6 Å². The summed E-state index contributed by atoms with van der Waals surface area (Å²) < 4.78 is 11.2. The van der Waals surface area contributed by atoms with Crippen LogP contribution in [0.15, 0.2) is 34.9 Å². The molecule has 1 aliphatic rings. The Labute approximate surface area is 241 Å². The summed E-state index contributed by atoms with van der Waals surface area (Å²) in [5.74, 6) is 1.27. The number of carbonyl (C=O) groups excluding carboxylic acids is 1. The Kier molecular flexibility index (Phi) is 11.3. The molecule has 0 unspecified atom stereocenters. The van der Waals surface area contributed by atoms with Gasteiger partial charge < -0.3 is 24.8 Å². The number of nitrogens with one attached hydrogen (secondary N) is 1. The number of fused-ring (bicyclic) bond motifs is 1. The molecule has 3 aromatic rings. The third-order valence-corrected chi connectivity index (χ3v) is 6.44. The van der Waals surface area contributed by atoms with E-state index in [4.69, 9.17) is 31.1 Å². The largest absolute Gasteiger partial charge is 0.489 e. The number of aliphatic hydroxyl groups is 2. The number of alkyl halides is 1. The second-order valence-electron chi connectivity index (χ2n) is 9.20. The van der Waals surface area contributed by atoms with Crippen LogP contribution in [0.5, 0.6) is 5.75 Å². The fourth-order valence-corrected chi connectivity index (χ4v) is 4.56. The van der Waals surface area contributed by atoms with Gasteiger partial charge in [0.05, 0.1) is 36.9 Å². The molecule has 2 heterocycles. The van der Waals surface area contributed by atoms with E-state index in [1.165, 1.54) is 5.56 Å². The number of nitrogens with zero attached hydrogens (tertiary/aromatic N) is 3. The number of aliphatic hydroxyl groups excluding tert-OH is 2. The Morgan fingerprint density at radius 3 is 2.63 bits per heavy atom. The summed E-state index contributed by atoms with van der Waals surface area (Å²) in [6.45, 7) is 6.89. The zero-order chi connectivity index (χ0) is 27.8. The highest BCUT2D eigenvalue weighted by Gasteiger charge is 2.23. The molecule has 38 heavy (non-hydrogen) atoms. The topological polar surface area (TPSA) is 121 Å². The third kappa shape index (κ3) is 7.44. The number of amides is 1. The number of carbonyl (C=O) groups is 1. The van der Waals surface area contributed by atoms with Crippen molar-refractivity contribution >= 4 is 40.1 Å². The molecule has 0 saturated carbocycles. The summed E-state index contributed by atoms with van der Waals surface area (Å²) in [5, 5.41) is 25.6. The van der Waals surface area contributed by atoms with Gasteiger partial charge >= 0.3 is 0 Å². The Bertz CT molecular complexity index is 1230. The minimum atomic E-state index is -0.637. The molecule has 11 heteroatoms. The molecule has 0 fully saturated rings. The van der Waals surface area contributed by atoms with Crippen molar-refractivity contribution in [3.05, 3.63) is 52.0 Å². The summed E-state index contributed by atoms with van der Waals surface area (Å²) in [7, 11) is 0. The molecule has 1 amide bonds. The van der Waals surface area contributed by atoms with Crippen LogP contribution in [0.1, 0.15) is 30.5 Å². The number of halogens is 2. The molecule has 0 bridgehead atoms. The first-order valence-electron chi connectivity index (χ1n) is 12.3. The van der Waals surface area contributed by atoms with Crippen LogP contribution in [-0.4, -0.2) is 74.5 Å². The van der Waals surface area contributed by atoms with Gasteiger partial charge in [-0.25, -0.2) is 0 Å². The smallest absolute Gasteiger partial charge is 0.258 e. The van der Waals surface area contributed by atoms with Gasteiger partial charge in [-0.3, -0.25) is 9.69 Å². The average molecular weight is 657 g/mol. The van der Waals surface area contributed by atoms with Gasteiger partial charge in [0.1, 0.15) is 5.75 Å². The molecule has 206 valence electrons. The van der Waals surface area contributed by atoms with Crippen LogP contribution in [0.3, 0.4) is 0 Å². The molecule has 0 radical (unpaired) electrons. The van der Waals surface area contributed by atoms with E-state index < -0.39 is 6.04 Å². The van der Waals surface area contributed by atoms with Gasteiger partial charge in [-0.15, -0.1) is 0 Å². The summed E-state index contributed by atoms with van der Waals surface area (Å²) in [6, 6.07) is 8.77. The molecule has 3 N–H and O–H groups in total. The van der Waals surface area contributed by atoms with Crippen molar-refractivity contribution in [2.24, 2.45) is 0 Å². The maximum atomic E-state index is 12.2. The zero-order valence-electron chi connectivity index (χ0n) is 22.0. The maximum absolute atomic E-state index is 12.2. The zero-order valence-corrected chi connectivity index (χ0v) is 24.9. The van der Waals surface area contributed by atoms with Crippen LogP contribution in [0.25, 0.3) is 22.8 Å². The number of benzene rings is 2. The van der Waals surface area contributed by atoms with Gasteiger partial charge in [-0.05, 0) is 67.0 Å². The van der Waals surface area contributed by atoms with Crippen LogP contribution in [0, 0.1) is 6.92 Å². The summed E-state index contributed by atoms with van der Waals surface area (Å²) >= 11 is 8.52. The van der Waals surface area contributed by atoms with Crippen LogP contribution >= 0.6 is 34.2 Å². The number of hydrogen-bond donors (Lipinski definition) is 3. The molecule has 0 spiro atoms. The maximum Gasteiger partial charge on any atom is 0.258 e. The molecule has 9 nitrogen and oxygen atoms in total. The molecule has 1 aliphatic heterocycles. The van der Waals surface area contributed by atoms with Gasteiger partial charge in [0.25, 0.3) is 5.89 Å². The van der Waals surface area contributed by atoms with Crippen LogP contribution in [0.4, 0.5) is 0 Å². The fourth-order valence-electron chi connectivity index (χ4n) is 4.34. The SMILES string of the molecule is CI.Cc1c(-c2noc(-c3ccc(OC(C)C)c(Cl)c3)n2)ccc2c1CCN(CC(=O)NC(CO)CO)C2. The van der Waals surface area contributed by atoms with Crippen molar-refractivity contribution in [2.45, 2.75) is 45.9 Å². The van der Waals surface area contributed by atoms with Crippen molar-refractivity contribution in [2.75, 3.05) is 31.2 Å². The van der Waals surface area contributed by atoms with E-state index in [0.717, 1.165) is 23.1 Å². The van der Waals surface area contributed by atoms with Gasteiger partial charge in [0.2, 0.25) is 11.7 Å². The van der Waals surface area contributed by atoms with E-state index in [9.17, 15) is 4.79 Å². The van der Waals surface area contributed by atoms with Crippen molar-refractivity contribution in [1.82, 2.24) is 20.4 Å². The predicted molar refractivity (Wildman–Crippen MR) is 156 cm³/mol. The number of ether oxygens (including phenoxy) is 1. The number of rotatable bonds is 9. The van der Waals surface area contributed by atoms with Crippen LogP contribution in [-0.2, 0) is 17.8 Å². The summed E-state index contributed by atoms with van der Waals surface area (Å²) in [6.07, 6.45) is 0.799. The minimum absolute atomic E-state index is 0.0180. The highest BCUT2D eigenvalue weighted by Crippen LogP contribution is 2.33. The average Bonchev–Trinajstić information content (AvgIpc) is 3.39. The molecular formula is C27H34ClIN4O5. The predicted octanol–water partition coefficient (Wildman–Crippen LogP) is 4.03. The third-order valence-electron chi connectivity index (χ3n) is 6.15. The van der Waals surface area contributed by atoms with E-state index in [1.54, 1.807) is 12.1 Å². The van der Waals surface area contributed by atoms with Crippen molar-refractivity contribution in [1.29, 1.82) is 0 Å². The lowest BCUT2D eigenvalue weighted by Crippen LogP contribution is -2.46. The van der Waals surface area contributed by atoms with Crippen molar-refractivity contribution < 1.29 is 24.3 Å². The summed E-state index contributed by atoms with van der Waals surface area (Å²) in [5.41, 5.74) is 5.06. The van der Waals surface area contributed by atoms with Crippen LogP contribution < -0.4 is 10.1 Å². The Morgan fingerprint density at radius 2 is 1.97 bits per heavy atom. The molecule has 0 atom stereocenters. The van der Waals surface area contributed by atoms with E-state index >= 15 is 0 Å². The molecule has 0 saturated heterocycles. The van der Waals surface area contributed by atoms with Crippen molar-refractivity contribution in [3.63, 3.8) is 0 Å². The van der Waals surface area contributed by atoms with Gasteiger partial charge in [-0.2, -0.15) is 4.98 Å². The first kappa shape index (κ1) is 30.3. The summed E-state index contributed by atoms with van der Waals surface area (Å²) in [4.78, 5) is 20.9. The molecule has 1 aromatic heterocycles. The molecule has 0 aliphatic carbocycles. The van der Waals surface area contributed by atoms with Gasteiger partial charge in [0, 0.05) is 24.2 Å². The van der Waals surface area contributed by atoms with E-state index in [1.807, 2.05) is 41.9 Å². The van der Waals surface area contributed by atoms with E-state index in [2.05, 4.69) is 45.0 Å².